The van der Waals surface area contributed by atoms with E-state index in [-0.39, 0.29) is 0 Å². The van der Waals surface area contributed by atoms with E-state index in [9.17, 15) is 13.2 Å². The number of pyridine rings is 1. The molecule has 1 aliphatic rings. The number of hydrogen-bond donors (Lipinski definition) is 4. The Balaban J connectivity index is 0.000000392. The minimum absolute atomic E-state index is 0.447. The monoisotopic (exact) mass is 555 g/mol. The number of thiazole rings is 1. The first-order chi connectivity index (χ1) is 18.7. The summed E-state index contributed by atoms with van der Waals surface area (Å²) in [7, 11) is 0. The molecule has 5 aromatic rings. The fraction of sp³-hybridized carbons (Fsp3) is 0.231. The zero-order valence-corrected chi connectivity index (χ0v) is 21.3. The summed E-state index contributed by atoms with van der Waals surface area (Å²) >= 11 is 1.65. The Kier molecular flexibility index (Phi) is 7.35. The minimum Gasteiger partial charge on any atom is -0.475 e. The Morgan fingerprint density at radius 3 is 2.56 bits per heavy atom. The predicted octanol–water partition coefficient (Wildman–Crippen LogP) is 5.36. The third-order valence-corrected chi connectivity index (χ3v) is 7.47. The summed E-state index contributed by atoms with van der Waals surface area (Å²) in [5.74, 6) is -2.27. The maximum atomic E-state index is 10.6. The summed E-state index contributed by atoms with van der Waals surface area (Å²) in [6.07, 6.45) is 6.91. The molecule has 0 spiro atoms. The van der Waals surface area contributed by atoms with Gasteiger partial charge in [-0.2, -0.15) is 18.3 Å². The van der Waals surface area contributed by atoms with Gasteiger partial charge in [0.25, 0.3) is 0 Å². The number of aromatic nitrogens is 5. The lowest BCUT2D eigenvalue weighted by Crippen LogP contribution is -2.29. The largest absolute Gasteiger partial charge is 0.490 e. The molecule has 1 saturated heterocycles. The molecule has 0 saturated carbocycles. The number of anilines is 1. The van der Waals surface area contributed by atoms with Crippen molar-refractivity contribution in [3.8, 4) is 32.8 Å². The van der Waals surface area contributed by atoms with Crippen LogP contribution in [0.25, 0.3) is 43.0 Å². The normalized spacial score (nSPS) is 14.2. The van der Waals surface area contributed by atoms with Crippen LogP contribution in [-0.2, 0) is 4.79 Å². The number of nitrogens with two attached hydrogens (primary N) is 1. The molecule has 13 heteroatoms. The molecule has 0 bridgehead atoms. The van der Waals surface area contributed by atoms with Crippen LogP contribution < -0.4 is 11.1 Å². The molecule has 0 atom stereocenters. The van der Waals surface area contributed by atoms with Gasteiger partial charge in [-0.3, -0.25) is 4.68 Å². The molecule has 39 heavy (non-hydrogen) atoms. The van der Waals surface area contributed by atoms with E-state index in [1.54, 1.807) is 11.3 Å². The zero-order chi connectivity index (χ0) is 27.6. The molecule has 202 valence electrons. The van der Waals surface area contributed by atoms with Crippen LogP contribution in [-0.4, -0.2) is 55.1 Å². The molecular weight excluding hydrogens is 531 g/mol. The first-order valence-corrected chi connectivity index (χ1v) is 12.9. The third kappa shape index (κ3) is 5.78. The van der Waals surface area contributed by atoms with Crippen molar-refractivity contribution in [1.82, 2.24) is 30.0 Å². The number of nitrogens with one attached hydrogen (secondary N) is 2. The number of aromatic amines is 1. The van der Waals surface area contributed by atoms with E-state index in [1.165, 1.54) is 5.56 Å². The Morgan fingerprint density at radius 2 is 1.87 bits per heavy atom. The number of nitrogen functional groups attached to an aromatic ring is 1. The van der Waals surface area contributed by atoms with Crippen LogP contribution in [0.3, 0.4) is 0 Å². The lowest BCUT2D eigenvalue weighted by molar-refractivity contribution is -0.192. The van der Waals surface area contributed by atoms with E-state index >= 15 is 0 Å². The summed E-state index contributed by atoms with van der Waals surface area (Å²) < 4.78 is 35.0. The van der Waals surface area contributed by atoms with Crippen LogP contribution in [0.15, 0.2) is 61.3 Å². The number of hydrogen-bond acceptors (Lipinski definition) is 7. The van der Waals surface area contributed by atoms with Crippen molar-refractivity contribution in [2.24, 2.45) is 0 Å². The number of fused-ring (bicyclic) bond motifs is 1. The van der Waals surface area contributed by atoms with Crippen molar-refractivity contribution in [3.63, 3.8) is 0 Å². The van der Waals surface area contributed by atoms with Gasteiger partial charge in [-0.1, -0.05) is 12.1 Å². The second-order valence-corrected chi connectivity index (χ2v) is 9.92. The quantitative estimate of drug-likeness (QED) is 0.235. The summed E-state index contributed by atoms with van der Waals surface area (Å²) in [5, 5.41) is 16.0. The number of nitrogens with zero attached hydrogens (tertiary/aromatic N) is 4. The maximum absolute atomic E-state index is 10.6. The number of rotatable bonds is 4. The molecule has 1 aromatic carbocycles. The highest BCUT2D eigenvalue weighted by Gasteiger charge is 2.38. The molecule has 0 unspecified atom stereocenters. The average Bonchev–Trinajstić information content (AvgIpc) is 3.70. The van der Waals surface area contributed by atoms with Gasteiger partial charge in [-0.15, -0.1) is 11.3 Å². The molecule has 1 fully saturated rings. The Morgan fingerprint density at radius 1 is 1.10 bits per heavy atom. The van der Waals surface area contributed by atoms with Gasteiger partial charge in [-0.05, 0) is 44.1 Å². The summed E-state index contributed by atoms with van der Waals surface area (Å²) in [4.78, 5) is 21.4. The Labute approximate surface area is 224 Å². The number of aliphatic carboxylic acids is 1. The zero-order valence-electron chi connectivity index (χ0n) is 20.4. The van der Waals surface area contributed by atoms with Crippen LogP contribution in [0.4, 0.5) is 19.0 Å². The Bertz CT molecular complexity index is 1590. The number of H-pyrrole nitrogens is 1. The van der Waals surface area contributed by atoms with Gasteiger partial charge >= 0.3 is 12.1 Å². The lowest BCUT2D eigenvalue weighted by Gasteiger charge is -2.22. The standard InChI is InChI=1S/C24H23N7S.C2HF3O2/c25-23-20(24-30-21-3-1-2-19(22(21)32-24)15-4-7-27-11-15)10-16(12-28-23)17-13-29-31(14-17)18-5-8-26-9-6-18;3-2(4,5)1(6)7/h1-4,7,10-14,18,26-27H,5-6,8-9H2,(H2,25,28);(H,6,7). The highest BCUT2D eigenvalue weighted by atomic mass is 32.1. The van der Waals surface area contributed by atoms with Crippen LogP contribution in [0.5, 0.6) is 0 Å². The number of carboxylic acids is 1. The molecule has 0 aliphatic carbocycles. The Hall–Kier alpha value is -4.23. The molecule has 1 aliphatic heterocycles. The highest BCUT2D eigenvalue weighted by molar-refractivity contribution is 7.22. The number of piperidine rings is 1. The van der Waals surface area contributed by atoms with E-state index in [2.05, 4.69) is 49.5 Å². The van der Waals surface area contributed by atoms with Gasteiger partial charge in [0.05, 0.1) is 28.0 Å². The highest BCUT2D eigenvalue weighted by Crippen LogP contribution is 2.39. The molecule has 0 radical (unpaired) electrons. The lowest BCUT2D eigenvalue weighted by atomic mass is 10.1. The summed E-state index contributed by atoms with van der Waals surface area (Å²) in [6, 6.07) is 10.8. The third-order valence-electron chi connectivity index (χ3n) is 6.33. The van der Waals surface area contributed by atoms with E-state index in [0.717, 1.165) is 63.4 Å². The predicted molar refractivity (Wildman–Crippen MR) is 143 cm³/mol. The minimum atomic E-state index is -5.08. The topological polar surface area (TPSA) is 135 Å². The van der Waals surface area contributed by atoms with Crippen molar-refractivity contribution in [2.75, 3.05) is 18.8 Å². The van der Waals surface area contributed by atoms with E-state index in [4.69, 9.17) is 20.6 Å². The van der Waals surface area contributed by atoms with Gasteiger partial charge < -0.3 is 21.1 Å². The van der Waals surface area contributed by atoms with Gasteiger partial charge in [-0.25, -0.2) is 14.8 Å². The SMILES string of the molecule is Nc1ncc(-c2cnn(C3CCNCC3)c2)cc1-c1nc2cccc(-c3cc[nH]c3)c2s1.O=C(O)C(F)(F)F. The van der Waals surface area contributed by atoms with Crippen LogP contribution in [0.1, 0.15) is 18.9 Å². The van der Waals surface area contributed by atoms with Gasteiger partial charge in [0.15, 0.2) is 0 Å². The molecule has 9 nitrogen and oxygen atoms in total. The van der Waals surface area contributed by atoms with Crippen LogP contribution in [0.2, 0.25) is 0 Å². The number of carboxylic acid groups (broad SMARTS) is 1. The number of carbonyl (C=O) groups is 1. The maximum Gasteiger partial charge on any atom is 0.490 e. The second-order valence-electron chi connectivity index (χ2n) is 8.92. The van der Waals surface area contributed by atoms with Gasteiger partial charge in [0.2, 0.25) is 0 Å². The summed E-state index contributed by atoms with van der Waals surface area (Å²) in [5.41, 5.74) is 12.5. The van der Waals surface area contributed by atoms with Crippen molar-refractivity contribution < 1.29 is 23.1 Å². The summed E-state index contributed by atoms with van der Waals surface area (Å²) in [6.45, 7) is 2.07. The second kappa shape index (κ2) is 10.9. The number of halogens is 3. The number of alkyl halides is 3. The fourth-order valence-electron chi connectivity index (χ4n) is 4.35. The molecular formula is C26H24F3N7O2S. The smallest absolute Gasteiger partial charge is 0.475 e. The van der Waals surface area contributed by atoms with Gasteiger partial charge in [0.1, 0.15) is 10.8 Å². The molecule has 5 N–H and O–H groups in total. The van der Waals surface area contributed by atoms with Crippen LogP contribution in [0, 0.1) is 0 Å². The van der Waals surface area contributed by atoms with E-state index in [0.29, 0.717) is 11.9 Å². The van der Waals surface area contributed by atoms with Crippen molar-refractivity contribution in [2.45, 2.75) is 25.1 Å². The average molecular weight is 556 g/mol. The van der Waals surface area contributed by atoms with E-state index < -0.39 is 12.1 Å². The fourth-order valence-corrected chi connectivity index (χ4v) is 5.47. The molecule has 5 heterocycles. The first-order valence-electron chi connectivity index (χ1n) is 12.0. The molecule has 4 aromatic heterocycles. The molecule has 0 amide bonds. The van der Waals surface area contributed by atoms with Crippen LogP contribution >= 0.6 is 11.3 Å². The number of benzene rings is 1. The van der Waals surface area contributed by atoms with Crippen molar-refractivity contribution in [1.29, 1.82) is 0 Å². The van der Waals surface area contributed by atoms with E-state index in [1.807, 2.05) is 36.9 Å². The van der Waals surface area contributed by atoms with Gasteiger partial charge in [0, 0.05) is 47.0 Å². The van der Waals surface area contributed by atoms with Crippen molar-refractivity contribution in [3.05, 3.63) is 61.3 Å². The van der Waals surface area contributed by atoms with Crippen molar-refractivity contribution >= 4 is 33.3 Å². The molecule has 6 rings (SSSR count). The first kappa shape index (κ1) is 26.4.